The summed E-state index contributed by atoms with van der Waals surface area (Å²) in [4.78, 5) is 25.4. The van der Waals surface area contributed by atoms with E-state index in [-0.39, 0.29) is 28.7 Å². The molecule has 2 atom stereocenters. The molecule has 9 nitrogen and oxygen atoms in total. The number of ether oxygens (including phenoxy) is 2. The highest BCUT2D eigenvalue weighted by Crippen LogP contribution is 2.61. The van der Waals surface area contributed by atoms with Crippen molar-refractivity contribution in [3.05, 3.63) is 23.2 Å². The number of aliphatic hydroxyl groups is 1. The lowest BCUT2D eigenvalue weighted by Crippen LogP contribution is -2.58. The number of benzene rings is 1. The summed E-state index contributed by atoms with van der Waals surface area (Å²) < 4.78 is 37.9. The number of nitrogens with one attached hydrogen (secondary N) is 1. The number of rotatable bonds is 6. The zero-order valence-electron chi connectivity index (χ0n) is 18.8. The molecule has 1 aromatic rings. The Morgan fingerprint density at radius 2 is 1.85 bits per heavy atom. The van der Waals surface area contributed by atoms with Crippen LogP contribution in [0.1, 0.15) is 38.5 Å². The van der Waals surface area contributed by atoms with E-state index in [0.29, 0.717) is 44.3 Å². The van der Waals surface area contributed by atoms with Crippen LogP contribution in [-0.4, -0.2) is 68.2 Å². The molecule has 1 amide bonds. The van der Waals surface area contributed by atoms with Crippen LogP contribution in [-0.2, 0) is 29.1 Å². The molecular weight excluding hydrogens is 484 g/mol. The molecule has 5 fully saturated rings. The van der Waals surface area contributed by atoms with Gasteiger partial charge < -0.3 is 19.9 Å². The number of halogens is 1. The van der Waals surface area contributed by atoms with Gasteiger partial charge in [0.25, 0.3) is 5.91 Å². The number of hydrogen-bond donors (Lipinski definition) is 2. The molecule has 34 heavy (non-hydrogen) atoms. The first-order valence-corrected chi connectivity index (χ1v) is 13.5. The van der Waals surface area contributed by atoms with Crippen LogP contribution in [0.5, 0.6) is 0 Å². The number of sulfonamides is 1. The highest BCUT2D eigenvalue weighted by Gasteiger charge is 2.60. The molecule has 1 aromatic carbocycles. The third-order valence-corrected chi connectivity index (χ3v) is 9.98. The molecule has 1 saturated heterocycles. The molecule has 186 valence electrons. The van der Waals surface area contributed by atoms with Gasteiger partial charge >= 0.3 is 5.97 Å². The van der Waals surface area contributed by atoms with Crippen LogP contribution < -0.4 is 5.32 Å². The number of nitrogens with zero attached hydrogens (tertiary/aromatic N) is 1. The molecule has 0 unspecified atom stereocenters. The first-order valence-electron chi connectivity index (χ1n) is 11.7. The summed E-state index contributed by atoms with van der Waals surface area (Å²) in [7, 11) is -3.85. The first-order chi connectivity index (χ1) is 16.1. The van der Waals surface area contributed by atoms with Gasteiger partial charge in [0.15, 0.2) is 6.61 Å². The van der Waals surface area contributed by atoms with Gasteiger partial charge in [0.1, 0.15) is 4.90 Å². The molecular formula is C23H29ClN2O7S. The molecule has 4 saturated carbocycles. The zero-order chi connectivity index (χ0) is 24.1. The van der Waals surface area contributed by atoms with Crippen LogP contribution in [0, 0.1) is 17.3 Å². The van der Waals surface area contributed by atoms with Crippen molar-refractivity contribution in [3.8, 4) is 0 Å². The van der Waals surface area contributed by atoms with Gasteiger partial charge in [-0.15, -0.1) is 0 Å². The first kappa shape index (κ1) is 24.0. The second kappa shape index (κ2) is 8.74. The highest BCUT2D eigenvalue weighted by molar-refractivity contribution is 7.89. The largest absolute Gasteiger partial charge is 0.455 e. The van der Waals surface area contributed by atoms with Gasteiger partial charge in [-0.1, -0.05) is 11.6 Å². The van der Waals surface area contributed by atoms with Gasteiger partial charge in [-0.05, 0) is 68.6 Å². The van der Waals surface area contributed by atoms with Gasteiger partial charge in [-0.3, -0.25) is 9.59 Å². The predicted molar refractivity (Wildman–Crippen MR) is 123 cm³/mol. The molecule has 1 heterocycles. The van der Waals surface area contributed by atoms with Crippen LogP contribution in [0.15, 0.2) is 23.1 Å². The number of carbonyl (C=O) groups excluding carboxylic acids is 2. The molecule has 11 heteroatoms. The molecule has 6 rings (SSSR count). The molecule has 4 bridgehead atoms. The average Bonchev–Trinajstić information content (AvgIpc) is 2.77. The second-order valence-electron chi connectivity index (χ2n) is 10.3. The van der Waals surface area contributed by atoms with E-state index in [2.05, 4.69) is 5.32 Å². The Hall–Kier alpha value is -1.72. The fraction of sp³-hybridized carbons (Fsp3) is 0.652. The Labute approximate surface area is 203 Å². The number of carbonyl (C=O) groups is 2. The third kappa shape index (κ3) is 4.46. The van der Waals surface area contributed by atoms with Crippen molar-refractivity contribution in [1.82, 2.24) is 4.31 Å². The van der Waals surface area contributed by atoms with Crippen LogP contribution in [0.25, 0.3) is 0 Å². The average molecular weight is 513 g/mol. The van der Waals surface area contributed by atoms with Crippen molar-refractivity contribution in [3.63, 3.8) is 0 Å². The third-order valence-electron chi connectivity index (χ3n) is 7.60. The summed E-state index contributed by atoms with van der Waals surface area (Å²) >= 11 is 6.16. The van der Waals surface area contributed by atoms with Crippen molar-refractivity contribution < 1.29 is 32.6 Å². The fourth-order valence-corrected chi connectivity index (χ4v) is 8.55. The Balaban J connectivity index is 1.22. The minimum absolute atomic E-state index is 0.0515. The zero-order valence-corrected chi connectivity index (χ0v) is 20.4. The molecule has 4 aliphatic carbocycles. The Morgan fingerprint density at radius 3 is 2.50 bits per heavy atom. The topological polar surface area (TPSA) is 122 Å². The van der Waals surface area contributed by atoms with Gasteiger partial charge in [-0.25, -0.2) is 8.42 Å². The molecule has 1 aliphatic heterocycles. The lowest BCUT2D eigenvalue weighted by Gasteiger charge is -2.58. The summed E-state index contributed by atoms with van der Waals surface area (Å²) in [5.74, 6) is -0.349. The molecule has 0 radical (unpaired) electrons. The molecule has 0 aromatic heterocycles. The lowest BCUT2D eigenvalue weighted by atomic mass is 9.48. The maximum Gasteiger partial charge on any atom is 0.312 e. The second-order valence-corrected chi connectivity index (χ2v) is 12.6. The number of hydrogen-bond acceptors (Lipinski definition) is 7. The standard InChI is InChI=1S/C23H29ClN2O7S/c24-18-2-1-17(8-19(18)34(30,31)26-3-5-32-6-4-26)25-20(27)13-33-21(28)22-9-15-7-16(10-22)12-23(29,11-15)14-22/h1-2,8,15-16,29H,3-7,9-14H2,(H,25,27)/t15-,16-,22?,23?/m0/s1. The van der Waals surface area contributed by atoms with E-state index in [4.69, 9.17) is 21.1 Å². The summed E-state index contributed by atoms with van der Waals surface area (Å²) in [5, 5.41) is 13.5. The predicted octanol–water partition coefficient (Wildman–Crippen LogP) is 2.17. The number of morpholine rings is 1. The van der Waals surface area contributed by atoms with Crippen LogP contribution >= 0.6 is 11.6 Å². The van der Waals surface area contributed by atoms with E-state index in [0.717, 1.165) is 19.3 Å². The maximum atomic E-state index is 13.0. The van der Waals surface area contributed by atoms with E-state index in [1.165, 1.54) is 22.5 Å². The summed E-state index contributed by atoms with van der Waals surface area (Å²) in [5.41, 5.74) is -1.27. The van der Waals surface area contributed by atoms with Gasteiger partial charge in [0, 0.05) is 18.8 Å². The van der Waals surface area contributed by atoms with Gasteiger partial charge in [-0.2, -0.15) is 4.31 Å². The Kier molecular flexibility index (Phi) is 6.17. The summed E-state index contributed by atoms with van der Waals surface area (Å²) in [6, 6.07) is 4.21. The van der Waals surface area contributed by atoms with Crippen molar-refractivity contribution in [2.75, 3.05) is 38.2 Å². The monoisotopic (exact) mass is 512 g/mol. The molecule has 0 spiro atoms. The Bertz CT molecular complexity index is 1090. The summed E-state index contributed by atoms with van der Waals surface area (Å²) in [6.45, 7) is 0.578. The molecule has 2 N–H and O–H groups in total. The van der Waals surface area contributed by atoms with E-state index in [1.807, 2.05) is 0 Å². The van der Waals surface area contributed by atoms with E-state index in [9.17, 15) is 23.1 Å². The smallest absolute Gasteiger partial charge is 0.312 e. The normalized spacial score (nSPS) is 33.0. The van der Waals surface area contributed by atoms with Crippen molar-refractivity contribution >= 4 is 39.2 Å². The highest BCUT2D eigenvalue weighted by atomic mass is 35.5. The Morgan fingerprint density at radius 1 is 1.18 bits per heavy atom. The van der Waals surface area contributed by atoms with E-state index >= 15 is 0 Å². The van der Waals surface area contributed by atoms with Crippen LogP contribution in [0.4, 0.5) is 5.69 Å². The fourth-order valence-electron chi connectivity index (χ4n) is 6.64. The minimum Gasteiger partial charge on any atom is -0.455 e. The number of esters is 1. The van der Waals surface area contributed by atoms with Gasteiger partial charge in [0.2, 0.25) is 10.0 Å². The minimum atomic E-state index is -3.85. The maximum absolute atomic E-state index is 13.0. The van der Waals surface area contributed by atoms with Crippen LogP contribution in [0.3, 0.4) is 0 Å². The lowest BCUT2D eigenvalue weighted by molar-refractivity contribution is -0.196. The van der Waals surface area contributed by atoms with Crippen LogP contribution in [0.2, 0.25) is 5.02 Å². The quantitative estimate of drug-likeness (QED) is 0.560. The van der Waals surface area contributed by atoms with Crippen molar-refractivity contribution in [2.24, 2.45) is 17.3 Å². The van der Waals surface area contributed by atoms with Crippen molar-refractivity contribution in [1.29, 1.82) is 0 Å². The summed E-state index contributed by atoms with van der Waals surface area (Å²) in [6.07, 6.45) is 4.33. The molecule has 5 aliphatic rings. The van der Waals surface area contributed by atoms with Gasteiger partial charge in [0.05, 0.1) is 29.3 Å². The van der Waals surface area contributed by atoms with E-state index < -0.39 is 39.5 Å². The number of anilines is 1. The number of amides is 1. The van der Waals surface area contributed by atoms with Crippen molar-refractivity contribution in [2.45, 2.75) is 49.0 Å². The van der Waals surface area contributed by atoms with E-state index in [1.54, 1.807) is 0 Å². The SMILES string of the molecule is O=C(COC(=O)C12C[C@@H]3C[C@H](CC(O)(C3)C1)C2)Nc1ccc(Cl)c(S(=O)(=O)N2CCOCC2)c1.